The number of hydrogen-bond acceptors (Lipinski definition) is 5. The van der Waals surface area contributed by atoms with E-state index in [1.807, 2.05) is 25.7 Å². The van der Waals surface area contributed by atoms with E-state index in [0.29, 0.717) is 54.4 Å². The Balaban J connectivity index is 1.36. The highest BCUT2D eigenvalue weighted by Gasteiger charge is 2.30. The Morgan fingerprint density at radius 3 is 2.43 bits per heavy atom. The molecule has 0 aliphatic carbocycles. The number of carbonyl (C=O) groups is 2. The van der Waals surface area contributed by atoms with Gasteiger partial charge >= 0.3 is 0 Å². The van der Waals surface area contributed by atoms with Crippen molar-refractivity contribution in [2.24, 2.45) is 5.92 Å². The smallest absolute Gasteiger partial charge is 0.257 e. The zero-order valence-electron chi connectivity index (χ0n) is 16.3. The first-order chi connectivity index (χ1) is 13.4. The normalized spacial score (nSPS) is 16.3. The lowest BCUT2D eigenvalue weighted by Crippen LogP contribution is -2.41. The highest BCUT2D eigenvalue weighted by atomic mass is 16.7. The first-order valence-corrected chi connectivity index (χ1v) is 9.50. The summed E-state index contributed by atoms with van der Waals surface area (Å²) >= 11 is 0. The van der Waals surface area contributed by atoms with Gasteiger partial charge in [-0.15, -0.1) is 0 Å². The van der Waals surface area contributed by atoms with Crippen LogP contribution in [0.1, 0.15) is 40.3 Å². The van der Waals surface area contributed by atoms with E-state index in [0.717, 1.165) is 11.3 Å². The van der Waals surface area contributed by atoms with Gasteiger partial charge in [0.25, 0.3) is 5.91 Å². The predicted molar refractivity (Wildman–Crippen MR) is 103 cm³/mol. The van der Waals surface area contributed by atoms with Crippen LogP contribution in [0.5, 0.6) is 11.5 Å². The Morgan fingerprint density at radius 2 is 1.75 bits per heavy atom. The van der Waals surface area contributed by atoms with Crippen LogP contribution in [-0.4, -0.2) is 36.6 Å². The van der Waals surface area contributed by atoms with Crippen molar-refractivity contribution >= 4 is 17.5 Å². The van der Waals surface area contributed by atoms with Crippen molar-refractivity contribution in [3.8, 4) is 11.5 Å². The van der Waals surface area contributed by atoms with Crippen molar-refractivity contribution in [1.29, 1.82) is 0 Å². The average Bonchev–Trinajstić information content (AvgIpc) is 3.25. The summed E-state index contributed by atoms with van der Waals surface area (Å²) < 4.78 is 16.2. The van der Waals surface area contributed by atoms with Crippen LogP contribution in [-0.2, 0) is 4.79 Å². The molecule has 0 spiro atoms. The molecule has 1 aromatic heterocycles. The van der Waals surface area contributed by atoms with Gasteiger partial charge in [-0.05, 0) is 45.7 Å². The van der Waals surface area contributed by atoms with Crippen LogP contribution in [0.4, 0.5) is 5.69 Å². The minimum atomic E-state index is -0.122. The molecular weight excluding hydrogens is 360 g/mol. The minimum absolute atomic E-state index is 0.0125. The van der Waals surface area contributed by atoms with E-state index in [1.54, 1.807) is 18.2 Å². The summed E-state index contributed by atoms with van der Waals surface area (Å²) in [6.45, 7) is 6.91. The quantitative estimate of drug-likeness (QED) is 0.877. The number of anilines is 1. The molecule has 1 saturated heterocycles. The summed E-state index contributed by atoms with van der Waals surface area (Å²) in [4.78, 5) is 27.3. The number of rotatable bonds is 3. The van der Waals surface area contributed by atoms with Crippen LogP contribution in [0.25, 0.3) is 0 Å². The third-order valence-electron chi connectivity index (χ3n) is 5.57. The minimum Gasteiger partial charge on any atom is -0.466 e. The Hall–Kier alpha value is -2.96. The van der Waals surface area contributed by atoms with Crippen LogP contribution < -0.4 is 14.8 Å². The number of aryl methyl sites for hydroxylation is 2. The number of nitrogens with one attached hydrogen (secondary N) is 1. The molecule has 2 aromatic rings. The summed E-state index contributed by atoms with van der Waals surface area (Å²) in [6, 6.07) is 5.36. The Morgan fingerprint density at radius 1 is 1.04 bits per heavy atom. The lowest BCUT2D eigenvalue weighted by molar-refractivity contribution is -0.121. The van der Waals surface area contributed by atoms with Gasteiger partial charge in [0, 0.05) is 36.3 Å². The van der Waals surface area contributed by atoms with Crippen molar-refractivity contribution in [3.63, 3.8) is 0 Å². The fourth-order valence-corrected chi connectivity index (χ4v) is 3.83. The second-order valence-corrected chi connectivity index (χ2v) is 7.34. The molecule has 1 aromatic carbocycles. The molecule has 0 radical (unpaired) electrons. The van der Waals surface area contributed by atoms with Crippen molar-refractivity contribution in [1.82, 2.24) is 4.90 Å². The number of ether oxygens (including phenoxy) is 2. The van der Waals surface area contributed by atoms with Crippen LogP contribution >= 0.6 is 0 Å². The third-order valence-corrected chi connectivity index (χ3v) is 5.57. The van der Waals surface area contributed by atoms with Crippen LogP contribution in [0.2, 0.25) is 0 Å². The Bertz CT molecular complexity index is 925. The van der Waals surface area contributed by atoms with Crippen molar-refractivity contribution in [3.05, 3.63) is 40.8 Å². The highest BCUT2D eigenvalue weighted by molar-refractivity contribution is 5.97. The number of benzene rings is 1. The maximum atomic E-state index is 12.9. The van der Waals surface area contributed by atoms with E-state index >= 15 is 0 Å². The van der Waals surface area contributed by atoms with E-state index < -0.39 is 0 Å². The second kappa shape index (κ2) is 7.22. The highest BCUT2D eigenvalue weighted by Crippen LogP contribution is 2.34. The molecule has 7 heteroatoms. The van der Waals surface area contributed by atoms with E-state index in [2.05, 4.69) is 5.32 Å². The van der Waals surface area contributed by atoms with Gasteiger partial charge in [0.05, 0.1) is 5.56 Å². The van der Waals surface area contributed by atoms with E-state index in [4.69, 9.17) is 13.9 Å². The number of piperidine rings is 1. The summed E-state index contributed by atoms with van der Waals surface area (Å²) in [6.07, 6.45) is 1.27. The molecule has 4 rings (SSSR count). The molecule has 2 aliphatic rings. The molecule has 2 aliphatic heterocycles. The number of likely N-dealkylation sites (tertiary alicyclic amines) is 1. The molecular formula is C21H24N2O5. The van der Waals surface area contributed by atoms with Gasteiger partial charge in [0.1, 0.15) is 11.5 Å². The van der Waals surface area contributed by atoms with Crippen molar-refractivity contribution < 1.29 is 23.5 Å². The molecule has 148 valence electrons. The van der Waals surface area contributed by atoms with Crippen LogP contribution in [0, 0.1) is 26.7 Å². The SMILES string of the molecule is Cc1oc(C)c(C(=O)N2CCC(C(=O)Nc3ccc4c(c3)OCO4)CC2)c1C. The summed E-state index contributed by atoms with van der Waals surface area (Å²) in [7, 11) is 0. The van der Waals surface area contributed by atoms with Crippen LogP contribution in [0.15, 0.2) is 22.6 Å². The van der Waals surface area contributed by atoms with Gasteiger partial charge in [-0.1, -0.05) is 0 Å². The summed E-state index contributed by atoms with van der Waals surface area (Å²) in [5.74, 6) is 2.59. The molecule has 28 heavy (non-hydrogen) atoms. The molecule has 0 bridgehead atoms. The maximum Gasteiger partial charge on any atom is 0.257 e. The maximum absolute atomic E-state index is 12.9. The monoisotopic (exact) mass is 384 g/mol. The molecule has 0 saturated carbocycles. The Labute approximate surface area is 163 Å². The average molecular weight is 384 g/mol. The van der Waals surface area contributed by atoms with Gasteiger partial charge < -0.3 is 24.1 Å². The van der Waals surface area contributed by atoms with Crippen molar-refractivity contribution in [2.75, 3.05) is 25.2 Å². The summed E-state index contributed by atoms with van der Waals surface area (Å²) in [5.41, 5.74) is 2.24. The van der Waals surface area contributed by atoms with Gasteiger partial charge in [-0.25, -0.2) is 0 Å². The number of hydrogen-bond donors (Lipinski definition) is 1. The number of amides is 2. The van der Waals surface area contributed by atoms with Gasteiger partial charge in [-0.2, -0.15) is 0 Å². The fraction of sp³-hybridized carbons (Fsp3) is 0.429. The second-order valence-electron chi connectivity index (χ2n) is 7.34. The molecule has 1 fully saturated rings. The lowest BCUT2D eigenvalue weighted by Gasteiger charge is -2.31. The number of nitrogens with zero attached hydrogens (tertiary/aromatic N) is 1. The van der Waals surface area contributed by atoms with Gasteiger partial charge in [0.15, 0.2) is 11.5 Å². The van der Waals surface area contributed by atoms with Crippen LogP contribution in [0.3, 0.4) is 0 Å². The number of furan rings is 1. The molecule has 7 nitrogen and oxygen atoms in total. The summed E-state index contributed by atoms with van der Waals surface area (Å²) in [5, 5.41) is 2.95. The first kappa shape index (κ1) is 18.4. The predicted octanol–water partition coefficient (Wildman–Crippen LogP) is 3.42. The molecule has 2 amide bonds. The zero-order chi connectivity index (χ0) is 19.8. The largest absolute Gasteiger partial charge is 0.466 e. The lowest BCUT2D eigenvalue weighted by atomic mass is 9.95. The fourth-order valence-electron chi connectivity index (χ4n) is 3.83. The van der Waals surface area contributed by atoms with E-state index in [-0.39, 0.29) is 24.5 Å². The standard InChI is InChI=1S/C21H24N2O5/c1-12-13(2)28-14(3)19(12)21(25)23-8-6-15(7-9-23)20(24)22-16-4-5-17-18(10-16)27-11-26-17/h4-5,10,15H,6-9,11H2,1-3H3,(H,22,24). The molecule has 1 N–H and O–H groups in total. The molecule has 0 atom stereocenters. The Kier molecular flexibility index (Phi) is 4.75. The van der Waals surface area contributed by atoms with Gasteiger partial charge in [0.2, 0.25) is 12.7 Å². The number of fused-ring (bicyclic) bond motifs is 1. The van der Waals surface area contributed by atoms with E-state index in [1.165, 1.54) is 0 Å². The number of carbonyl (C=O) groups excluding carboxylic acids is 2. The van der Waals surface area contributed by atoms with E-state index in [9.17, 15) is 9.59 Å². The molecule has 3 heterocycles. The van der Waals surface area contributed by atoms with Gasteiger partial charge in [-0.3, -0.25) is 9.59 Å². The zero-order valence-corrected chi connectivity index (χ0v) is 16.3. The first-order valence-electron chi connectivity index (χ1n) is 9.50. The molecule has 0 unspecified atom stereocenters. The topological polar surface area (TPSA) is 81.0 Å². The third kappa shape index (κ3) is 3.32. The van der Waals surface area contributed by atoms with Crippen molar-refractivity contribution in [2.45, 2.75) is 33.6 Å².